The molecule has 2 aromatic carbocycles. The van der Waals surface area contributed by atoms with E-state index in [0.29, 0.717) is 41.1 Å². The Labute approximate surface area is 167 Å². The lowest BCUT2D eigenvalue weighted by atomic mass is 10.2. The molecule has 29 heavy (non-hydrogen) atoms. The number of carbonyl (C=O) groups is 1. The maximum atomic E-state index is 12.6. The van der Waals surface area contributed by atoms with Crippen LogP contribution in [0.25, 0.3) is 10.9 Å². The molecule has 0 spiro atoms. The maximum absolute atomic E-state index is 12.6. The van der Waals surface area contributed by atoms with Crippen LogP contribution >= 0.6 is 0 Å². The van der Waals surface area contributed by atoms with Crippen LogP contribution in [0.1, 0.15) is 17.3 Å². The Morgan fingerprint density at radius 3 is 2.76 bits per heavy atom. The van der Waals surface area contributed by atoms with Gasteiger partial charge >= 0.3 is 0 Å². The summed E-state index contributed by atoms with van der Waals surface area (Å²) >= 11 is 0. The van der Waals surface area contributed by atoms with Crippen LogP contribution in [-0.4, -0.2) is 29.2 Å². The maximum Gasteiger partial charge on any atom is 0.269 e. The van der Waals surface area contributed by atoms with Crippen molar-refractivity contribution in [1.29, 1.82) is 0 Å². The summed E-state index contributed by atoms with van der Waals surface area (Å²) < 4.78 is 12.2. The standard InChI is InChI=1S/C21H22N4O4/c1-4-12-29-17-11-10-14(13-18(17)28-3)19(26)23-24-21-22-16-9-7-6-8-15(16)20(27)25(21)5-2/h4,6-11,13H,1,5,12H2,2-3H3,(H,22,24)(H,23,26). The minimum absolute atomic E-state index is 0.180. The molecule has 2 N–H and O–H groups in total. The van der Waals surface area contributed by atoms with Crippen LogP contribution in [0, 0.1) is 0 Å². The van der Waals surface area contributed by atoms with Gasteiger partial charge < -0.3 is 9.47 Å². The van der Waals surface area contributed by atoms with Crippen LogP contribution in [0.2, 0.25) is 0 Å². The lowest BCUT2D eigenvalue weighted by Crippen LogP contribution is -2.34. The molecule has 0 aliphatic heterocycles. The molecule has 0 aliphatic carbocycles. The van der Waals surface area contributed by atoms with E-state index in [-0.39, 0.29) is 11.5 Å². The smallest absolute Gasteiger partial charge is 0.269 e. The van der Waals surface area contributed by atoms with Crippen molar-refractivity contribution in [2.24, 2.45) is 0 Å². The van der Waals surface area contributed by atoms with E-state index in [9.17, 15) is 9.59 Å². The lowest BCUT2D eigenvalue weighted by Gasteiger charge is -2.15. The van der Waals surface area contributed by atoms with Crippen LogP contribution in [0.5, 0.6) is 11.5 Å². The van der Waals surface area contributed by atoms with Gasteiger partial charge in [0.1, 0.15) is 6.61 Å². The van der Waals surface area contributed by atoms with Gasteiger partial charge in [-0.05, 0) is 37.3 Å². The number of amides is 1. The van der Waals surface area contributed by atoms with Crippen molar-refractivity contribution in [1.82, 2.24) is 15.0 Å². The Kier molecular flexibility index (Phi) is 6.13. The van der Waals surface area contributed by atoms with Gasteiger partial charge in [0.05, 0.1) is 18.0 Å². The van der Waals surface area contributed by atoms with Crippen LogP contribution in [-0.2, 0) is 6.54 Å². The van der Waals surface area contributed by atoms with Crippen molar-refractivity contribution in [2.75, 3.05) is 19.1 Å². The molecule has 0 radical (unpaired) electrons. The number of methoxy groups -OCH3 is 1. The zero-order valence-electron chi connectivity index (χ0n) is 16.3. The molecule has 8 heteroatoms. The Bertz CT molecular complexity index is 1110. The van der Waals surface area contributed by atoms with E-state index in [1.807, 2.05) is 6.92 Å². The number of hydrogen-bond acceptors (Lipinski definition) is 6. The first kappa shape index (κ1) is 19.9. The fourth-order valence-electron chi connectivity index (χ4n) is 2.82. The quantitative estimate of drug-likeness (QED) is 0.451. The predicted molar refractivity (Wildman–Crippen MR) is 111 cm³/mol. The molecule has 0 unspecified atom stereocenters. The summed E-state index contributed by atoms with van der Waals surface area (Å²) in [6.07, 6.45) is 1.62. The van der Waals surface area contributed by atoms with E-state index in [0.717, 1.165) is 0 Å². The molecular formula is C21H22N4O4. The Balaban J connectivity index is 1.82. The van der Waals surface area contributed by atoms with E-state index >= 15 is 0 Å². The highest BCUT2D eigenvalue weighted by atomic mass is 16.5. The molecule has 1 aromatic heterocycles. The molecule has 0 atom stereocenters. The van der Waals surface area contributed by atoms with Gasteiger partial charge in [-0.25, -0.2) is 4.98 Å². The van der Waals surface area contributed by atoms with Gasteiger partial charge in [0.25, 0.3) is 11.5 Å². The number of rotatable bonds is 8. The molecular weight excluding hydrogens is 372 g/mol. The number of hydrazine groups is 1. The van der Waals surface area contributed by atoms with E-state index in [1.54, 1.807) is 48.5 Å². The number of para-hydroxylation sites is 1. The molecule has 0 saturated carbocycles. The van der Waals surface area contributed by atoms with Gasteiger partial charge in [-0.1, -0.05) is 24.8 Å². The van der Waals surface area contributed by atoms with Crippen LogP contribution in [0.15, 0.2) is 59.9 Å². The van der Waals surface area contributed by atoms with Gasteiger partial charge in [-0.3, -0.25) is 25.0 Å². The van der Waals surface area contributed by atoms with Crippen LogP contribution < -0.4 is 25.9 Å². The number of nitrogens with one attached hydrogen (secondary N) is 2. The van der Waals surface area contributed by atoms with Crippen LogP contribution in [0.3, 0.4) is 0 Å². The number of fused-ring (bicyclic) bond motifs is 1. The number of nitrogens with zero attached hydrogens (tertiary/aromatic N) is 2. The summed E-state index contributed by atoms with van der Waals surface area (Å²) in [5.41, 5.74) is 6.04. The molecule has 3 aromatic rings. The van der Waals surface area contributed by atoms with Crippen molar-refractivity contribution in [3.63, 3.8) is 0 Å². The van der Waals surface area contributed by atoms with Gasteiger partial charge in [0.2, 0.25) is 5.95 Å². The number of benzene rings is 2. The van der Waals surface area contributed by atoms with Crippen molar-refractivity contribution >= 4 is 22.8 Å². The zero-order chi connectivity index (χ0) is 20.8. The normalized spacial score (nSPS) is 10.4. The molecule has 0 saturated heterocycles. The van der Waals surface area contributed by atoms with Crippen molar-refractivity contribution in [3.8, 4) is 11.5 Å². The van der Waals surface area contributed by atoms with Crippen LogP contribution in [0.4, 0.5) is 5.95 Å². The number of carbonyl (C=O) groups excluding carboxylic acids is 1. The summed E-state index contributed by atoms with van der Waals surface area (Å²) in [6.45, 7) is 6.16. The topological polar surface area (TPSA) is 94.5 Å². The molecule has 8 nitrogen and oxygen atoms in total. The second kappa shape index (κ2) is 8.92. The highest BCUT2D eigenvalue weighted by Crippen LogP contribution is 2.28. The summed E-state index contributed by atoms with van der Waals surface area (Å²) in [5, 5.41) is 0.520. The Hall–Kier alpha value is -3.81. The van der Waals surface area contributed by atoms with Gasteiger partial charge in [0.15, 0.2) is 11.5 Å². The molecule has 1 heterocycles. The largest absolute Gasteiger partial charge is 0.493 e. The number of aromatic nitrogens is 2. The SMILES string of the molecule is C=CCOc1ccc(C(=O)NNc2nc3ccccc3c(=O)n2CC)cc1OC. The zero-order valence-corrected chi connectivity index (χ0v) is 16.3. The van der Waals surface area contributed by atoms with Crippen molar-refractivity contribution in [3.05, 3.63) is 71.0 Å². The predicted octanol–water partition coefficient (Wildman–Crippen LogP) is 2.75. The summed E-state index contributed by atoms with van der Waals surface area (Å²) in [7, 11) is 1.50. The molecule has 3 rings (SSSR count). The van der Waals surface area contributed by atoms with E-state index in [2.05, 4.69) is 22.4 Å². The fraction of sp³-hybridized carbons (Fsp3) is 0.190. The van der Waals surface area contributed by atoms with Gasteiger partial charge in [-0.2, -0.15) is 0 Å². The average Bonchev–Trinajstić information content (AvgIpc) is 2.76. The summed E-state index contributed by atoms with van der Waals surface area (Å²) in [6, 6.07) is 11.9. The first-order chi connectivity index (χ1) is 14.1. The summed E-state index contributed by atoms with van der Waals surface area (Å²) in [5.74, 6) is 0.771. The molecule has 0 fully saturated rings. The van der Waals surface area contributed by atoms with Gasteiger partial charge in [0, 0.05) is 12.1 Å². The molecule has 0 bridgehead atoms. The Morgan fingerprint density at radius 2 is 2.03 bits per heavy atom. The molecule has 1 amide bonds. The Morgan fingerprint density at radius 1 is 1.24 bits per heavy atom. The minimum Gasteiger partial charge on any atom is -0.493 e. The first-order valence-electron chi connectivity index (χ1n) is 9.06. The molecule has 150 valence electrons. The monoisotopic (exact) mass is 394 g/mol. The average molecular weight is 394 g/mol. The lowest BCUT2D eigenvalue weighted by molar-refractivity contribution is 0.0961. The highest BCUT2D eigenvalue weighted by molar-refractivity contribution is 5.95. The third-order valence-corrected chi connectivity index (χ3v) is 4.25. The minimum atomic E-state index is -0.413. The second-order valence-electron chi connectivity index (χ2n) is 6.05. The third-order valence-electron chi connectivity index (χ3n) is 4.25. The fourth-order valence-corrected chi connectivity index (χ4v) is 2.82. The number of ether oxygens (including phenoxy) is 2. The number of anilines is 1. The summed E-state index contributed by atoms with van der Waals surface area (Å²) in [4.78, 5) is 29.6. The third kappa shape index (κ3) is 4.21. The van der Waals surface area contributed by atoms with E-state index < -0.39 is 5.91 Å². The van der Waals surface area contributed by atoms with Crippen molar-refractivity contribution < 1.29 is 14.3 Å². The van der Waals surface area contributed by atoms with Gasteiger partial charge in [-0.15, -0.1) is 0 Å². The highest BCUT2D eigenvalue weighted by Gasteiger charge is 2.13. The first-order valence-corrected chi connectivity index (χ1v) is 9.06. The molecule has 0 aliphatic rings. The second-order valence-corrected chi connectivity index (χ2v) is 6.05. The van der Waals surface area contributed by atoms with E-state index in [1.165, 1.54) is 11.7 Å². The van der Waals surface area contributed by atoms with E-state index in [4.69, 9.17) is 9.47 Å². The van der Waals surface area contributed by atoms with Crippen molar-refractivity contribution in [2.45, 2.75) is 13.5 Å². The number of hydrogen-bond donors (Lipinski definition) is 2.